The van der Waals surface area contributed by atoms with Crippen LogP contribution >= 0.6 is 9.24 Å². The summed E-state index contributed by atoms with van der Waals surface area (Å²) in [5.74, 6) is 0.791. The molecule has 0 amide bonds. The SMILES string of the molecule is CC1=C(CN)CC(C(C)(C)P)CC1. The number of hydrogen-bond acceptors (Lipinski definition) is 1. The van der Waals surface area contributed by atoms with Gasteiger partial charge in [0.1, 0.15) is 0 Å². The van der Waals surface area contributed by atoms with Crippen LogP contribution in [0.1, 0.15) is 40.0 Å². The second-order valence-corrected chi connectivity index (χ2v) is 6.34. The van der Waals surface area contributed by atoms with Crippen molar-refractivity contribution in [3.63, 3.8) is 0 Å². The molecule has 0 fully saturated rings. The zero-order valence-electron chi connectivity index (χ0n) is 9.06. The van der Waals surface area contributed by atoms with Crippen molar-refractivity contribution in [2.75, 3.05) is 6.54 Å². The number of nitrogens with two attached hydrogens (primary N) is 1. The lowest BCUT2D eigenvalue weighted by molar-refractivity contribution is 0.371. The highest BCUT2D eigenvalue weighted by atomic mass is 31.0. The molecule has 1 rings (SSSR count). The maximum absolute atomic E-state index is 5.73. The van der Waals surface area contributed by atoms with Crippen LogP contribution < -0.4 is 5.73 Å². The van der Waals surface area contributed by atoms with Crippen LogP contribution in [0.3, 0.4) is 0 Å². The first kappa shape index (κ1) is 11.2. The summed E-state index contributed by atoms with van der Waals surface area (Å²) in [6, 6.07) is 0. The Hall–Kier alpha value is 0.130. The summed E-state index contributed by atoms with van der Waals surface area (Å²) in [4.78, 5) is 0. The van der Waals surface area contributed by atoms with Crippen molar-refractivity contribution < 1.29 is 0 Å². The summed E-state index contributed by atoms with van der Waals surface area (Å²) >= 11 is 0. The van der Waals surface area contributed by atoms with Crippen LogP contribution in [-0.4, -0.2) is 11.7 Å². The van der Waals surface area contributed by atoms with Gasteiger partial charge >= 0.3 is 0 Å². The number of allylic oxidation sites excluding steroid dienone is 1. The van der Waals surface area contributed by atoms with Gasteiger partial charge in [-0.3, -0.25) is 0 Å². The van der Waals surface area contributed by atoms with Gasteiger partial charge in [0, 0.05) is 6.54 Å². The van der Waals surface area contributed by atoms with Gasteiger partial charge in [-0.05, 0) is 37.3 Å². The molecule has 0 bridgehead atoms. The Morgan fingerprint density at radius 2 is 2.15 bits per heavy atom. The van der Waals surface area contributed by atoms with Gasteiger partial charge in [0.15, 0.2) is 0 Å². The van der Waals surface area contributed by atoms with E-state index in [1.165, 1.54) is 30.4 Å². The van der Waals surface area contributed by atoms with Crippen molar-refractivity contribution in [2.45, 2.75) is 45.2 Å². The van der Waals surface area contributed by atoms with Crippen LogP contribution in [0.2, 0.25) is 0 Å². The van der Waals surface area contributed by atoms with Gasteiger partial charge in [0.2, 0.25) is 0 Å². The Morgan fingerprint density at radius 3 is 2.62 bits per heavy atom. The van der Waals surface area contributed by atoms with E-state index in [1.807, 2.05) is 0 Å². The van der Waals surface area contributed by atoms with E-state index in [2.05, 4.69) is 30.0 Å². The van der Waals surface area contributed by atoms with Crippen LogP contribution in [0.25, 0.3) is 0 Å². The lowest BCUT2D eigenvalue weighted by atomic mass is 9.78. The average molecular weight is 199 g/mol. The lowest BCUT2D eigenvalue weighted by Crippen LogP contribution is -2.28. The molecular weight excluding hydrogens is 177 g/mol. The quantitative estimate of drug-likeness (QED) is 0.537. The highest BCUT2D eigenvalue weighted by molar-refractivity contribution is 7.18. The van der Waals surface area contributed by atoms with Gasteiger partial charge in [-0.25, -0.2) is 0 Å². The molecule has 2 unspecified atom stereocenters. The Labute approximate surface area is 84.4 Å². The molecule has 1 aliphatic rings. The van der Waals surface area contributed by atoms with Crippen LogP contribution in [0.4, 0.5) is 0 Å². The fraction of sp³-hybridized carbons (Fsp3) is 0.818. The minimum absolute atomic E-state index is 0.362. The minimum atomic E-state index is 0.362. The highest BCUT2D eigenvalue weighted by Crippen LogP contribution is 2.39. The van der Waals surface area contributed by atoms with E-state index in [9.17, 15) is 0 Å². The minimum Gasteiger partial charge on any atom is -0.327 e. The Morgan fingerprint density at radius 1 is 1.54 bits per heavy atom. The van der Waals surface area contributed by atoms with E-state index >= 15 is 0 Å². The summed E-state index contributed by atoms with van der Waals surface area (Å²) in [6.45, 7) is 7.59. The molecule has 0 spiro atoms. The van der Waals surface area contributed by atoms with Gasteiger partial charge < -0.3 is 5.73 Å². The van der Waals surface area contributed by atoms with Crippen molar-refractivity contribution in [3.8, 4) is 0 Å². The maximum atomic E-state index is 5.73. The van der Waals surface area contributed by atoms with E-state index in [4.69, 9.17) is 5.73 Å². The fourth-order valence-electron chi connectivity index (χ4n) is 2.03. The number of rotatable bonds is 2. The molecule has 0 aliphatic heterocycles. The number of hydrogen-bond donors (Lipinski definition) is 1. The summed E-state index contributed by atoms with van der Waals surface area (Å²) in [5.41, 5.74) is 8.76. The molecule has 0 radical (unpaired) electrons. The smallest absolute Gasteiger partial charge is 0.0139 e. The van der Waals surface area contributed by atoms with E-state index in [0.29, 0.717) is 5.16 Å². The fourth-order valence-corrected chi connectivity index (χ4v) is 2.32. The molecule has 76 valence electrons. The third-order valence-electron chi connectivity index (χ3n) is 3.26. The molecule has 2 N–H and O–H groups in total. The van der Waals surface area contributed by atoms with Crippen LogP contribution in [0.15, 0.2) is 11.1 Å². The van der Waals surface area contributed by atoms with Gasteiger partial charge in [-0.2, -0.15) is 0 Å². The zero-order chi connectivity index (χ0) is 10.1. The first-order valence-corrected chi connectivity index (χ1v) is 5.69. The van der Waals surface area contributed by atoms with Gasteiger partial charge in [0.05, 0.1) is 0 Å². The second-order valence-electron chi connectivity index (χ2n) is 4.85. The van der Waals surface area contributed by atoms with E-state index < -0.39 is 0 Å². The largest absolute Gasteiger partial charge is 0.327 e. The molecule has 0 saturated carbocycles. The van der Waals surface area contributed by atoms with E-state index in [0.717, 1.165) is 12.5 Å². The monoisotopic (exact) mass is 199 g/mol. The van der Waals surface area contributed by atoms with Crippen molar-refractivity contribution in [3.05, 3.63) is 11.1 Å². The summed E-state index contributed by atoms with van der Waals surface area (Å²) < 4.78 is 0. The Kier molecular flexibility index (Phi) is 3.54. The second kappa shape index (κ2) is 4.11. The van der Waals surface area contributed by atoms with Crippen molar-refractivity contribution in [2.24, 2.45) is 11.7 Å². The van der Waals surface area contributed by atoms with E-state index in [1.54, 1.807) is 0 Å². The molecule has 0 aromatic heterocycles. The molecule has 2 heteroatoms. The molecular formula is C11H22NP. The summed E-state index contributed by atoms with van der Waals surface area (Å²) in [6.07, 6.45) is 3.78. The average Bonchev–Trinajstić information content (AvgIpc) is 2.03. The molecule has 0 heterocycles. The standard InChI is InChI=1S/C11H22NP/c1-8-4-5-10(11(2,3)13)6-9(8)7-12/h10H,4-7,12-13H2,1-3H3. The summed E-state index contributed by atoms with van der Waals surface area (Å²) in [5, 5.41) is 0.362. The Balaban J connectivity index is 2.70. The zero-order valence-corrected chi connectivity index (χ0v) is 10.2. The predicted molar refractivity (Wildman–Crippen MR) is 62.9 cm³/mol. The highest BCUT2D eigenvalue weighted by Gasteiger charge is 2.28. The van der Waals surface area contributed by atoms with Crippen LogP contribution in [0.5, 0.6) is 0 Å². The topological polar surface area (TPSA) is 26.0 Å². The lowest BCUT2D eigenvalue weighted by Gasteiger charge is -2.35. The van der Waals surface area contributed by atoms with Gasteiger partial charge in [0.25, 0.3) is 0 Å². The van der Waals surface area contributed by atoms with Crippen LogP contribution in [-0.2, 0) is 0 Å². The van der Waals surface area contributed by atoms with Gasteiger partial charge in [-0.15, -0.1) is 9.24 Å². The maximum Gasteiger partial charge on any atom is 0.0139 e. The molecule has 0 saturated heterocycles. The third-order valence-corrected chi connectivity index (χ3v) is 3.73. The first-order valence-electron chi connectivity index (χ1n) is 5.11. The molecule has 0 aromatic carbocycles. The molecule has 2 atom stereocenters. The Bertz CT molecular complexity index is 213. The molecule has 0 aromatic rings. The summed E-state index contributed by atoms with van der Waals surface area (Å²) in [7, 11) is 2.97. The predicted octanol–water partition coefficient (Wildman–Crippen LogP) is 2.72. The first-order chi connectivity index (χ1) is 5.95. The van der Waals surface area contributed by atoms with Crippen molar-refractivity contribution in [1.29, 1.82) is 0 Å². The van der Waals surface area contributed by atoms with Crippen molar-refractivity contribution in [1.82, 2.24) is 0 Å². The van der Waals surface area contributed by atoms with Crippen molar-refractivity contribution >= 4 is 9.24 Å². The molecule has 1 nitrogen and oxygen atoms in total. The molecule has 13 heavy (non-hydrogen) atoms. The van der Waals surface area contributed by atoms with Gasteiger partial charge in [-0.1, -0.05) is 25.0 Å². The molecule has 1 aliphatic carbocycles. The third kappa shape index (κ3) is 2.79. The van der Waals surface area contributed by atoms with E-state index in [-0.39, 0.29) is 0 Å². The van der Waals surface area contributed by atoms with Crippen LogP contribution in [0, 0.1) is 5.92 Å². The normalized spacial score (nSPS) is 25.2.